The lowest BCUT2D eigenvalue weighted by molar-refractivity contribution is -0.132. The van der Waals surface area contributed by atoms with E-state index in [1.54, 1.807) is 18.2 Å². The van der Waals surface area contributed by atoms with Gasteiger partial charge in [0.1, 0.15) is 0 Å². The molecule has 1 N–H and O–H groups in total. The molecule has 3 heteroatoms. The normalized spacial score (nSPS) is 28.9. The molecule has 0 atom stereocenters. The van der Waals surface area contributed by atoms with Gasteiger partial charge < -0.3 is 5.11 Å². The van der Waals surface area contributed by atoms with Crippen LogP contribution in [0.5, 0.6) is 0 Å². The zero-order valence-electron chi connectivity index (χ0n) is 5.77. The zero-order chi connectivity index (χ0) is 8.10. The van der Waals surface area contributed by atoms with Crippen LogP contribution in [0.25, 0.3) is 0 Å². The van der Waals surface area contributed by atoms with Crippen molar-refractivity contribution in [1.29, 1.82) is 0 Å². The highest BCUT2D eigenvalue weighted by molar-refractivity contribution is 6.08. The van der Waals surface area contributed by atoms with Gasteiger partial charge in [-0.15, -0.1) is 0 Å². The van der Waals surface area contributed by atoms with Crippen molar-refractivity contribution < 1.29 is 9.90 Å². The fourth-order valence-corrected chi connectivity index (χ4v) is 0.616. The summed E-state index contributed by atoms with van der Waals surface area (Å²) < 4.78 is 0. The average molecular weight is 149 g/mol. The van der Waals surface area contributed by atoms with Crippen LogP contribution in [0, 0.1) is 0 Å². The Morgan fingerprint density at radius 2 is 2.18 bits per heavy atom. The first-order valence-corrected chi connectivity index (χ1v) is 3.10. The molecule has 0 saturated carbocycles. The van der Waals surface area contributed by atoms with Crippen molar-refractivity contribution in [3.63, 3.8) is 0 Å². The molecule has 56 valence electrons. The number of nitrogens with zero attached hydrogens (tertiary/aromatic N) is 1. The fourth-order valence-electron chi connectivity index (χ4n) is 0.616. The van der Waals surface area contributed by atoms with Gasteiger partial charge in [-0.1, -0.05) is 12.2 Å². The van der Waals surface area contributed by atoms with Crippen molar-refractivity contribution in [2.75, 3.05) is 0 Å². The Bertz CT molecular complexity index is 272. The van der Waals surface area contributed by atoms with E-state index in [1.165, 1.54) is 18.5 Å². The Labute approximate surface area is 64.1 Å². The summed E-state index contributed by atoms with van der Waals surface area (Å²) in [5, 5.41) is 8.54. The molecule has 11 heavy (non-hydrogen) atoms. The lowest BCUT2D eigenvalue weighted by Gasteiger charge is -1.91. The van der Waals surface area contributed by atoms with Gasteiger partial charge >= 0.3 is 5.97 Å². The van der Waals surface area contributed by atoms with E-state index in [0.717, 1.165) is 0 Å². The van der Waals surface area contributed by atoms with Crippen LogP contribution in [0.15, 0.2) is 41.1 Å². The van der Waals surface area contributed by atoms with Gasteiger partial charge in [0.15, 0.2) is 0 Å². The zero-order valence-corrected chi connectivity index (χ0v) is 5.77. The van der Waals surface area contributed by atoms with E-state index in [4.69, 9.17) is 5.11 Å². The minimum Gasteiger partial charge on any atom is -0.478 e. The Morgan fingerprint density at radius 3 is 2.91 bits per heavy atom. The average Bonchev–Trinajstić information content (AvgIpc) is 1.84. The molecular formula is C8H7NO2. The van der Waals surface area contributed by atoms with E-state index in [-0.39, 0.29) is 5.57 Å². The maximum atomic E-state index is 10.4. The lowest BCUT2D eigenvalue weighted by atomic mass is 10.2. The topological polar surface area (TPSA) is 49.7 Å². The molecule has 0 unspecified atom stereocenters. The minimum absolute atomic E-state index is 0.186. The molecule has 1 heterocycles. The number of aliphatic imine (C=N–C) groups is 1. The second kappa shape index (κ2) is 3.51. The van der Waals surface area contributed by atoms with Gasteiger partial charge in [-0.2, -0.15) is 0 Å². The summed E-state index contributed by atoms with van der Waals surface area (Å²) in [5.74, 6) is -0.964. The molecule has 0 bridgehead atoms. The molecule has 1 aliphatic heterocycles. The molecule has 0 radical (unpaired) electrons. The van der Waals surface area contributed by atoms with Crippen molar-refractivity contribution in [2.45, 2.75) is 0 Å². The van der Waals surface area contributed by atoms with Crippen molar-refractivity contribution in [2.24, 2.45) is 4.99 Å². The molecule has 0 fully saturated rings. The summed E-state index contributed by atoms with van der Waals surface area (Å²) in [7, 11) is 0. The highest BCUT2D eigenvalue weighted by atomic mass is 16.4. The van der Waals surface area contributed by atoms with E-state index in [9.17, 15) is 4.79 Å². The standard InChI is InChI=1S/C8H7NO2/c10-8(11)7-4-2-1-3-5-9-6-7/h1-6H,(H,10,11)/b2-1-,3-1?,4-2?,5-3-,7-4+,7-6?,9-5?,9-6-. The number of rotatable bonds is 1. The highest BCUT2D eigenvalue weighted by Crippen LogP contribution is 1.95. The Hall–Kier alpha value is -1.64. The third-order valence-electron chi connectivity index (χ3n) is 1.13. The van der Waals surface area contributed by atoms with Crippen molar-refractivity contribution in [3.8, 4) is 0 Å². The van der Waals surface area contributed by atoms with Gasteiger partial charge in [0, 0.05) is 12.4 Å². The van der Waals surface area contributed by atoms with Crippen LogP contribution in [0.4, 0.5) is 0 Å². The number of hydrogen-bond donors (Lipinski definition) is 1. The van der Waals surface area contributed by atoms with Crippen LogP contribution in [0.3, 0.4) is 0 Å². The van der Waals surface area contributed by atoms with Crippen LogP contribution < -0.4 is 0 Å². The molecule has 0 aliphatic carbocycles. The smallest absolute Gasteiger partial charge is 0.337 e. The van der Waals surface area contributed by atoms with Gasteiger partial charge in [0.2, 0.25) is 0 Å². The van der Waals surface area contributed by atoms with Crippen LogP contribution in [0.1, 0.15) is 0 Å². The Morgan fingerprint density at radius 1 is 1.36 bits per heavy atom. The summed E-state index contributed by atoms with van der Waals surface area (Å²) in [4.78, 5) is 14.1. The highest BCUT2D eigenvalue weighted by Gasteiger charge is 2.00. The van der Waals surface area contributed by atoms with Crippen LogP contribution in [0.2, 0.25) is 0 Å². The SMILES string of the molecule is O=C(O)C1=C/C=C\C=C/N=C\1. The van der Waals surface area contributed by atoms with E-state index in [2.05, 4.69) is 4.99 Å². The first-order valence-electron chi connectivity index (χ1n) is 3.10. The fraction of sp³-hybridized carbons (Fsp3) is 0. The van der Waals surface area contributed by atoms with E-state index < -0.39 is 5.97 Å². The van der Waals surface area contributed by atoms with Crippen LogP contribution >= 0.6 is 0 Å². The number of hydrogen-bond acceptors (Lipinski definition) is 2. The Balaban J connectivity index is 2.87. The predicted molar refractivity (Wildman–Crippen MR) is 42.5 cm³/mol. The van der Waals surface area contributed by atoms with E-state index >= 15 is 0 Å². The lowest BCUT2D eigenvalue weighted by Crippen LogP contribution is -2.01. The van der Waals surface area contributed by atoms with Crippen molar-refractivity contribution in [1.82, 2.24) is 0 Å². The molecule has 0 aromatic rings. The molecule has 1 aliphatic rings. The summed E-state index contributed by atoms with van der Waals surface area (Å²) in [6, 6.07) is 0. The van der Waals surface area contributed by atoms with Crippen LogP contribution in [-0.4, -0.2) is 17.3 Å². The number of allylic oxidation sites excluding steroid dienone is 4. The summed E-state index contributed by atoms with van der Waals surface area (Å²) in [6.45, 7) is 0. The summed E-state index contributed by atoms with van der Waals surface area (Å²) >= 11 is 0. The van der Waals surface area contributed by atoms with Gasteiger partial charge in [-0.3, -0.25) is 4.99 Å². The van der Waals surface area contributed by atoms with Gasteiger partial charge in [0.25, 0.3) is 0 Å². The molecular weight excluding hydrogens is 142 g/mol. The predicted octanol–water partition coefficient (Wildman–Crippen LogP) is 1.15. The molecule has 0 spiro atoms. The van der Waals surface area contributed by atoms with Crippen molar-refractivity contribution in [3.05, 3.63) is 36.1 Å². The molecule has 1 rings (SSSR count). The number of carbonyl (C=O) groups is 1. The van der Waals surface area contributed by atoms with Crippen LogP contribution in [-0.2, 0) is 4.79 Å². The second-order valence-corrected chi connectivity index (χ2v) is 1.93. The third kappa shape index (κ3) is 2.21. The van der Waals surface area contributed by atoms with E-state index in [1.807, 2.05) is 0 Å². The maximum Gasteiger partial charge on any atom is 0.337 e. The van der Waals surface area contributed by atoms with Gasteiger partial charge in [0.05, 0.1) is 5.57 Å². The second-order valence-electron chi connectivity index (χ2n) is 1.93. The number of aliphatic carboxylic acids is 1. The monoisotopic (exact) mass is 149 g/mol. The molecule has 0 aromatic heterocycles. The first kappa shape index (κ1) is 7.47. The van der Waals surface area contributed by atoms with Crippen molar-refractivity contribution >= 4 is 12.2 Å². The summed E-state index contributed by atoms with van der Waals surface area (Å²) in [6.07, 6.45) is 9.44. The Kier molecular flexibility index (Phi) is 2.38. The largest absolute Gasteiger partial charge is 0.478 e. The first-order chi connectivity index (χ1) is 5.30. The third-order valence-corrected chi connectivity index (χ3v) is 1.13. The molecule has 0 amide bonds. The van der Waals surface area contributed by atoms with Gasteiger partial charge in [-0.25, -0.2) is 4.79 Å². The van der Waals surface area contributed by atoms with Gasteiger partial charge in [-0.05, 0) is 12.2 Å². The maximum absolute atomic E-state index is 10.4. The quantitative estimate of drug-likeness (QED) is 0.608. The van der Waals surface area contributed by atoms with E-state index in [0.29, 0.717) is 0 Å². The number of carboxylic acid groups (broad SMARTS) is 1. The minimum atomic E-state index is -0.964. The molecule has 0 saturated heterocycles. The molecule has 0 aromatic carbocycles. The molecule has 3 nitrogen and oxygen atoms in total. The number of carboxylic acids is 1. The summed E-state index contributed by atoms with van der Waals surface area (Å²) in [5.41, 5.74) is 0.186.